The van der Waals surface area contributed by atoms with E-state index in [2.05, 4.69) is 52.1 Å². The van der Waals surface area contributed by atoms with Crippen LogP contribution in [0.3, 0.4) is 0 Å². The van der Waals surface area contributed by atoms with Crippen LogP contribution in [-0.2, 0) is 5.41 Å². The molecule has 4 rings (SSSR count). The molecule has 1 aromatic heterocycles. The smallest absolute Gasteiger partial charge is 0.170 e. The highest BCUT2D eigenvalue weighted by Gasteiger charge is 2.35. The van der Waals surface area contributed by atoms with E-state index < -0.39 is 0 Å². The quantitative estimate of drug-likeness (QED) is 0.370. The molecule has 1 heterocycles. The molecule has 0 amide bonds. The molecule has 3 N–H and O–H groups in total. The van der Waals surface area contributed by atoms with Crippen LogP contribution in [0.2, 0.25) is 5.02 Å². The zero-order valence-corrected chi connectivity index (χ0v) is 19.2. The van der Waals surface area contributed by atoms with Gasteiger partial charge in [-0.3, -0.25) is 0 Å². The topological polar surface area (TPSA) is 49.0 Å². The number of aryl methyl sites for hydroxylation is 1. The van der Waals surface area contributed by atoms with Gasteiger partial charge < -0.3 is 16.0 Å². The number of aromatic nitrogens is 1. The lowest BCUT2D eigenvalue weighted by atomic mass is 9.79. The van der Waals surface area contributed by atoms with Gasteiger partial charge in [-0.25, -0.2) is 4.98 Å². The molecular weight excluding hydrogens is 424 g/mol. The van der Waals surface area contributed by atoms with Crippen LogP contribution in [0, 0.1) is 6.92 Å². The van der Waals surface area contributed by atoms with E-state index in [0.717, 1.165) is 41.6 Å². The standard InChI is InChI=1S/C25H27ClN4S/c1-18-5-4-6-21(15-18)29-23-12-11-22(16-27-23)30-24(31)28-17-25(13-2-3-14-25)19-7-9-20(26)10-8-19/h4-12,15-16H,2-3,13-14,17H2,1H3,(H,27,29)(H2,28,30,31). The summed E-state index contributed by atoms with van der Waals surface area (Å²) in [5.74, 6) is 0.794. The van der Waals surface area contributed by atoms with Crippen molar-refractivity contribution in [2.75, 3.05) is 17.2 Å². The predicted molar refractivity (Wildman–Crippen MR) is 135 cm³/mol. The minimum atomic E-state index is 0.107. The number of hydrogen-bond acceptors (Lipinski definition) is 3. The summed E-state index contributed by atoms with van der Waals surface area (Å²) < 4.78 is 0. The van der Waals surface area contributed by atoms with Crippen LogP contribution >= 0.6 is 23.8 Å². The molecule has 0 atom stereocenters. The molecule has 0 saturated heterocycles. The highest BCUT2D eigenvalue weighted by Crippen LogP contribution is 2.41. The number of hydrogen-bond donors (Lipinski definition) is 3. The van der Waals surface area contributed by atoms with E-state index in [1.807, 2.05) is 36.4 Å². The molecule has 3 aromatic rings. The van der Waals surface area contributed by atoms with Crippen molar-refractivity contribution in [2.24, 2.45) is 0 Å². The fourth-order valence-corrected chi connectivity index (χ4v) is 4.58. The van der Waals surface area contributed by atoms with Crippen LogP contribution in [0.1, 0.15) is 36.8 Å². The Balaban J connectivity index is 1.34. The molecule has 0 radical (unpaired) electrons. The maximum atomic E-state index is 6.09. The van der Waals surface area contributed by atoms with Gasteiger partial charge >= 0.3 is 0 Å². The van der Waals surface area contributed by atoms with E-state index in [0.29, 0.717) is 5.11 Å². The fourth-order valence-electron chi connectivity index (χ4n) is 4.26. The maximum Gasteiger partial charge on any atom is 0.170 e. The number of halogens is 1. The van der Waals surface area contributed by atoms with Gasteiger partial charge in [-0.15, -0.1) is 0 Å². The monoisotopic (exact) mass is 450 g/mol. The number of pyridine rings is 1. The van der Waals surface area contributed by atoms with Gasteiger partial charge in [0.15, 0.2) is 5.11 Å². The Morgan fingerprint density at radius 1 is 1.03 bits per heavy atom. The molecule has 31 heavy (non-hydrogen) atoms. The van der Waals surface area contributed by atoms with Crippen LogP contribution in [0.5, 0.6) is 0 Å². The van der Waals surface area contributed by atoms with Crippen LogP contribution in [0.4, 0.5) is 17.2 Å². The SMILES string of the molecule is Cc1cccc(Nc2ccc(NC(=S)NCC3(c4ccc(Cl)cc4)CCCC3)cn2)c1. The summed E-state index contributed by atoms with van der Waals surface area (Å²) in [4.78, 5) is 4.49. The molecule has 1 saturated carbocycles. The summed E-state index contributed by atoms with van der Waals surface area (Å²) in [5, 5.41) is 11.4. The first-order chi connectivity index (χ1) is 15.0. The van der Waals surface area contributed by atoms with Crippen LogP contribution in [0.15, 0.2) is 66.9 Å². The molecule has 1 aliphatic rings. The first kappa shape index (κ1) is 21.6. The third kappa shape index (κ3) is 5.54. The Kier molecular flexibility index (Phi) is 6.73. The average molecular weight is 451 g/mol. The van der Waals surface area contributed by atoms with Crippen molar-refractivity contribution < 1.29 is 0 Å². The van der Waals surface area contributed by atoms with Crippen molar-refractivity contribution in [1.29, 1.82) is 0 Å². The van der Waals surface area contributed by atoms with Gasteiger partial charge in [-0.05, 0) is 79.5 Å². The molecule has 1 aliphatic carbocycles. The highest BCUT2D eigenvalue weighted by atomic mass is 35.5. The number of rotatable bonds is 6. The maximum absolute atomic E-state index is 6.09. The molecule has 0 spiro atoms. The first-order valence-electron chi connectivity index (χ1n) is 10.6. The summed E-state index contributed by atoms with van der Waals surface area (Å²) in [7, 11) is 0. The van der Waals surface area contributed by atoms with Gasteiger partial charge in [-0.1, -0.05) is 48.7 Å². The number of nitrogens with zero attached hydrogens (tertiary/aromatic N) is 1. The van der Waals surface area contributed by atoms with Crippen molar-refractivity contribution in [3.8, 4) is 0 Å². The second kappa shape index (κ2) is 9.67. The molecular formula is C25H27ClN4S. The molecule has 1 fully saturated rings. The molecule has 6 heteroatoms. The summed E-state index contributed by atoms with van der Waals surface area (Å²) in [6.07, 6.45) is 6.58. The van der Waals surface area contributed by atoms with E-state index in [-0.39, 0.29) is 5.41 Å². The molecule has 2 aromatic carbocycles. The number of thiocarbonyl (C=S) groups is 1. The fraction of sp³-hybridized carbons (Fsp3) is 0.280. The summed E-state index contributed by atoms with van der Waals surface area (Å²) in [5.41, 5.74) is 4.53. The third-order valence-electron chi connectivity index (χ3n) is 5.92. The summed E-state index contributed by atoms with van der Waals surface area (Å²) in [6.45, 7) is 2.88. The van der Waals surface area contributed by atoms with Gasteiger partial charge in [-0.2, -0.15) is 0 Å². The second-order valence-electron chi connectivity index (χ2n) is 8.23. The Hall–Kier alpha value is -2.63. The van der Waals surface area contributed by atoms with Crippen LogP contribution < -0.4 is 16.0 Å². The molecule has 160 valence electrons. The Bertz CT molecular complexity index is 1030. The lowest BCUT2D eigenvalue weighted by molar-refractivity contribution is 0.435. The van der Waals surface area contributed by atoms with Crippen molar-refractivity contribution in [1.82, 2.24) is 10.3 Å². The van der Waals surface area contributed by atoms with Crippen molar-refractivity contribution in [3.63, 3.8) is 0 Å². The molecule has 4 nitrogen and oxygen atoms in total. The number of anilines is 3. The van der Waals surface area contributed by atoms with E-state index in [9.17, 15) is 0 Å². The second-order valence-corrected chi connectivity index (χ2v) is 9.07. The molecule has 0 unspecified atom stereocenters. The summed E-state index contributed by atoms with van der Waals surface area (Å²) in [6, 6.07) is 20.4. The van der Waals surface area contributed by atoms with Crippen LogP contribution in [-0.4, -0.2) is 16.6 Å². The highest BCUT2D eigenvalue weighted by molar-refractivity contribution is 7.80. The Labute approximate surface area is 194 Å². The van der Waals surface area contributed by atoms with E-state index in [1.165, 1.54) is 24.0 Å². The van der Waals surface area contributed by atoms with Gasteiger partial charge in [0.1, 0.15) is 5.82 Å². The molecule has 0 aliphatic heterocycles. The lowest BCUT2D eigenvalue weighted by Gasteiger charge is -2.30. The zero-order valence-electron chi connectivity index (χ0n) is 17.6. The molecule has 0 bridgehead atoms. The van der Waals surface area contributed by atoms with Crippen molar-refractivity contribution in [2.45, 2.75) is 38.0 Å². The van der Waals surface area contributed by atoms with Gasteiger partial charge in [0.05, 0.1) is 11.9 Å². The van der Waals surface area contributed by atoms with E-state index in [1.54, 1.807) is 6.20 Å². The average Bonchev–Trinajstić information content (AvgIpc) is 3.24. The zero-order chi connectivity index (χ0) is 21.7. The minimum Gasteiger partial charge on any atom is -0.362 e. The predicted octanol–water partition coefficient (Wildman–Crippen LogP) is 6.59. The van der Waals surface area contributed by atoms with Crippen molar-refractivity contribution >= 4 is 46.1 Å². The van der Waals surface area contributed by atoms with E-state index >= 15 is 0 Å². The minimum absolute atomic E-state index is 0.107. The normalized spacial score (nSPS) is 14.8. The third-order valence-corrected chi connectivity index (χ3v) is 6.41. The lowest BCUT2D eigenvalue weighted by Crippen LogP contribution is -2.40. The number of benzene rings is 2. The van der Waals surface area contributed by atoms with Crippen LogP contribution in [0.25, 0.3) is 0 Å². The van der Waals surface area contributed by atoms with Gasteiger partial charge in [0.25, 0.3) is 0 Å². The Morgan fingerprint density at radius 3 is 2.48 bits per heavy atom. The van der Waals surface area contributed by atoms with Crippen molar-refractivity contribution in [3.05, 3.63) is 83.0 Å². The first-order valence-corrected chi connectivity index (χ1v) is 11.4. The largest absolute Gasteiger partial charge is 0.362 e. The van der Waals surface area contributed by atoms with Gasteiger partial charge in [0.2, 0.25) is 0 Å². The van der Waals surface area contributed by atoms with E-state index in [4.69, 9.17) is 23.8 Å². The summed E-state index contributed by atoms with van der Waals surface area (Å²) >= 11 is 11.6. The Morgan fingerprint density at radius 2 is 1.81 bits per heavy atom. The van der Waals surface area contributed by atoms with Gasteiger partial charge in [0, 0.05) is 22.7 Å². The number of nitrogens with one attached hydrogen (secondary N) is 3.